The molecule has 6 heteroatoms. The van der Waals surface area contributed by atoms with Crippen LogP contribution in [0.15, 0.2) is 85.2 Å². The van der Waals surface area contributed by atoms with Gasteiger partial charge in [0.2, 0.25) is 11.8 Å². The third kappa shape index (κ3) is 5.44. The predicted octanol–water partition coefficient (Wildman–Crippen LogP) is 4.57. The molecule has 0 radical (unpaired) electrons. The zero-order valence-corrected chi connectivity index (χ0v) is 19.4. The second kappa shape index (κ2) is 10.3. The van der Waals surface area contributed by atoms with Crippen LogP contribution in [0.1, 0.15) is 17.5 Å². The van der Waals surface area contributed by atoms with E-state index in [1.165, 1.54) is 0 Å². The predicted molar refractivity (Wildman–Crippen MR) is 139 cm³/mol. The molecule has 1 aliphatic rings. The Balaban J connectivity index is 1.18. The molecule has 174 valence electrons. The van der Waals surface area contributed by atoms with Gasteiger partial charge in [-0.15, -0.1) is 0 Å². The largest absolute Gasteiger partial charge is 0.337 e. The van der Waals surface area contributed by atoms with E-state index in [1.54, 1.807) is 46.5 Å². The van der Waals surface area contributed by atoms with Crippen LogP contribution in [0.2, 0.25) is 0 Å². The van der Waals surface area contributed by atoms with Crippen LogP contribution < -0.4 is 0 Å². The summed E-state index contributed by atoms with van der Waals surface area (Å²) in [6, 6.07) is 19.8. The van der Waals surface area contributed by atoms with Crippen LogP contribution in [0.3, 0.4) is 0 Å². The number of carbonyl (C=O) groups is 2. The summed E-state index contributed by atoms with van der Waals surface area (Å²) in [5.41, 5.74) is 3.63. The number of nitrogens with zero attached hydrogens (tertiary/aromatic N) is 4. The number of para-hydroxylation sites is 2. The summed E-state index contributed by atoms with van der Waals surface area (Å²) >= 11 is 0. The molecule has 6 nitrogen and oxygen atoms in total. The van der Waals surface area contributed by atoms with Crippen LogP contribution in [-0.4, -0.2) is 57.8 Å². The number of benzene rings is 2. The Morgan fingerprint density at radius 3 is 1.60 bits per heavy atom. The molecule has 1 saturated heterocycles. The molecule has 2 aromatic carbocycles. The van der Waals surface area contributed by atoms with Crippen molar-refractivity contribution in [2.75, 3.05) is 26.2 Å². The first-order valence-corrected chi connectivity index (χ1v) is 11.8. The van der Waals surface area contributed by atoms with Gasteiger partial charge in [-0.25, -0.2) is 0 Å². The van der Waals surface area contributed by atoms with Gasteiger partial charge in [0.25, 0.3) is 0 Å². The summed E-state index contributed by atoms with van der Waals surface area (Å²) in [5.74, 6) is -0.101. The molecule has 4 aromatic rings. The van der Waals surface area contributed by atoms with E-state index >= 15 is 0 Å². The Kier molecular flexibility index (Phi) is 6.61. The molecule has 0 spiro atoms. The normalized spacial score (nSPS) is 14.7. The molecule has 1 aliphatic heterocycles. The molecule has 5 rings (SSSR count). The second-order valence-corrected chi connectivity index (χ2v) is 8.59. The summed E-state index contributed by atoms with van der Waals surface area (Å²) in [6.45, 7) is 2.27. The fourth-order valence-electron chi connectivity index (χ4n) is 4.26. The van der Waals surface area contributed by atoms with Crippen LogP contribution >= 0.6 is 0 Å². The quantitative estimate of drug-likeness (QED) is 0.417. The van der Waals surface area contributed by atoms with Gasteiger partial charge < -0.3 is 9.80 Å². The van der Waals surface area contributed by atoms with Crippen LogP contribution in [-0.2, 0) is 9.59 Å². The highest BCUT2D eigenvalue weighted by atomic mass is 16.2. The molecule has 0 aliphatic carbocycles. The summed E-state index contributed by atoms with van der Waals surface area (Å²) < 4.78 is 0. The van der Waals surface area contributed by atoms with Gasteiger partial charge in [0.1, 0.15) is 0 Å². The minimum Gasteiger partial charge on any atom is -0.337 e. The Morgan fingerprint density at radius 1 is 0.657 bits per heavy atom. The maximum Gasteiger partial charge on any atom is 0.246 e. The van der Waals surface area contributed by atoms with E-state index in [0.29, 0.717) is 26.2 Å². The maximum absolute atomic E-state index is 12.8. The van der Waals surface area contributed by atoms with Gasteiger partial charge in [0.05, 0.1) is 11.0 Å². The van der Waals surface area contributed by atoms with Gasteiger partial charge in [-0.1, -0.05) is 36.4 Å². The van der Waals surface area contributed by atoms with Gasteiger partial charge in [0.15, 0.2) is 0 Å². The number of rotatable bonds is 4. The number of hydrogen-bond acceptors (Lipinski definition) is 4. The molecule has 1 fully saturated rings. The molecule has 0 atom stereocenters. The van der Waals surface area contributed by atoms with Crippen LogP contribution in [0, 0.1) is 0 Å². The third-order valence-electron chi connectivity index (χ3n) is 6.18. The summed E-state index contributed by atoms with van der Waals surface area (Å²) in [5, 5.41) is 2.08. The maximum atomic E-state index is 12.8. The van der Waals surface area contributed by atoms with Gasteiger partial charge in [-0.2, -0.15) is 0 Å². The summed E-state index contributed by atoms with van der Waals surface area (Å²) in [7, 11) is 0. The fourth-order valence-corrected chi connectivity index (χ4v) is 4.26. The smallest absolute Gasteiger partial charge is 0.246 e. The van der Waals surface area contributed by atoms with Gasteiger partial charge in [-0.3, -0.25) is 19.6 Å². The first kappa shape index (κ1) is 22.5. The number of carbonyl (C=O) groups excluding carboxylic acids is 2. The SMILES string of the molecule is O=C(C=Cc1cnc2ccccc2c1)N1CCCN(C(=O)C=Cc2cnc3ccccc3c2)CC1. The summed E-state index contributed by atoms with van der Waals surface area (Å²) in [4.78, 5) is 38.0. The van der Waals surface area contributed by atoms with Crippen molar-refractivity contribution < 1.29 is 9.59 Å². The number of pyridine rings is 2. The van der Waals surface area contributed by atoms with E-state index in [0.717, 1.165) is 39.4 Å². The monoisotopic (exact) mass is 462 g/mol. The topological polar surface area (TPSA) is 66.4 Å². The van der Waals surface area contributed by atoms with E-state index in [-0.39, 0.29) is 11.8 Å². The van der Waals surface area contributed by atoms with Crippen molar-refractivity contribution in [3.8, 4) is 0 Å². The van der Waals surface area contributed by atoms with Crippen molar-refractivity contribution in [2.24, 2.45) is 0 Å². The average Bonchev–Trinajstić information content (AvgIpc) is 3.17. The molecule has 2 aromatic heterocycles. The highest BCUT2D eigenvalue weighted by molar-refractivity contribution is 5.94. The number of hydrogen-bond donors (Lipinski definition) is 0. The lowest BCUT2D eigenvalue weighted by atomic mass is 10.1. The Morgan fingerprint density at radius 2 is 1.11 bits per heavy atom. The van der Waals surface area contributed by atoms with Gasteiger partial charge in [-0.05, 0) is 54.0 Å². The van der Waals surface area contributed by atoms with E-state index in [1.807, 2.05) is 60.7 Å². The molecular formula is C29H26N4O2. The van der Waals surface area contributed by atoms with Crippen LogP contribution in [0.4, 0.5) is 0 Å². The molecule has 0 unspecified atom stereocenters. The average molecular weight is 463 g/mol. The van der Waals surface area contributed by atoms with Crippen molar-refractivity contribution in [1.29, 1.82) is 0 Å². The van der Waals surface area contributed by atoms with Crippen LogP contribution in [0.5, 0.6) is 0 Å². The van der Waals surface area contributed by atoms with Gasteiger partial charge in [0, 0.05) is 61.5 Å². The van der Waals surface area contributed by atoms with E-state index < -0.39 is 0 Å². The Labute approximate surface area is 204 Å². The van der Waals surface area contributed by atoms with E-state index in [2.05, 4.69) is 9.97 Å². The number of fused-ring (bicyclic) bond motifs is 2. The fraction of sp³-hybridized carbons (Fsp3) is 0.172. The van der Waals surface area contributed by atoms with E-state index in [4.69, 9.17) is 0 Å². The molecule has 0 saturated carbocycles. The first-order valence-electron chi connectivity index (χ1n) is 11.8. The molecule has 35 heavy (non-hydrogen) atoms. The Hall–Kier alpha value is -4.32. The zero-order valence-electron chi connectivity index (χ0n) is 19.4. The van der Waals surface area contributed by atoms with Crippen molar-refractivity contribution in [3.63, 3.8) is 0 Å². The molecule has 0 N–H and O–H groups in total. The standard InChI is InChI=1S/C29H26N4O2/c34-28(12-10-22-18-24-6-1-3-8-26(24)30-20-22)32-14-5-15-33(17-16-32)29(35)13-11-23-19-25-7-2-4-9-27(25)31-21-23/h1-4,6-13,18-21H,5,14-17H2. The van der Waals surface area contributed by atoms with Crippen molar-refractivity contribution in [1.82, 2.24) is 19.8 Å². The minimum atomic E-state index is -0.0507. The summed E-state index contributed by atoms with van der Waals surface area (Å²) in [6.07, 6.45) is 11.1. The van der Waals surface area contributed by atoms with Gasteiger partial charge >= 0.3 is 0 Å². The lowest BCUT2D eigenvalue weighted by Gasteiger charge is -2.20. The number of aromatic nitrogens is 2. The lowest BCUT2D eigenvalue weighted by Crippen LogP contribution is -2.36. The van der Waals surface area contributed by atoms with Crippen molar-refractivity contribution in [2.45, 2.75) is 6.42 Å². The van der Waals surface area contributed by atoms with E-state index in [9.17, 15) is 9.59 Å². The molecule has 2 amide bonds. The molecule has 0 bridgehead atoms. The lowest BCUT2D eigenvalue weighted by molar-refractivity contribution is -0.128. The second-order valence-electron chi connectivity index (χ2n) is 8.59. The first-order chi connectivity index (χ1) is 17.2. The zero-order chi connectivity index (χ0) is 24.0. The molecule has 3 heterocycles. The highest BCUT2D eigenvalue weighted by Crippen LogP contribution is 2.15. The van der Waals surface area contributed by atoms with Crippen molar-refractivity contribution in [3.05, 3.63) is 96.3 Å². The Bertz CT molecular complexity index is 1330. The third-order valence-corrected chi connectivity index (χ3v) is 6.18. The van der Waals surface area contributed by atoms with Crippen LogP contribution in [0.25, 0.3) is 34.0 Å². The minimum absolute atomic E-state index is 0.0507. The highest BCUT2D eigenvalue weighted by Gasteiger charge is 2.19. The van der Waals surface area contributed by atoms with Crippen molar-refractivity contribution >= 4 is 45.8 Å². The molecular weight excluding hydrogens is 436 g/mol. The number of amides is 2.